The van der Waals surface area contributed by atoms with Crippen molar-refractivity contribution in [3.8, 4) is 5.69 Å². The highest BCUT2D eigenvalue weighted by Gasteiger charge is 2.25. The lowest BCUT2D eigenvalue weighted by Crippen LogP contribution is -2.18. The predicted molar refractivity (Wildman–Crippen MR) is 100 cm³/mol. The van der Waals surface area contributed by atoms with E-state index in [0.717, 1.165) is 0 Å². The molecule has 2 aromatic carbocycles. The number of benzene rings is 2. The van der Waals surface area contributed by atoms with E-state index in [2.05, 4.69) is 9.98 Å². The van der Waals surface area contributed by atoms with Crippen molar-refractivity contribution >= 4 is 28.9 Å². The molecule has 0 unspecified atom stereocenters. The molecule has 0 bridgehead atoms. The van der Waals surface area contributed by atoms with E-state index in [0.29, 0.717) is 44.1 Å². The molecule has 0 saturated carbocycles. The Morgan fingerprint density at radius 3 is 2.69 bits per heavy atom. The summed E-state index contributed by atoms with van der Waals surface area (Å²) < 4.78 is 16.2. The minimum absolute atomic E-state index is 0.114. The average Bonchev–Trinajstić information content (AvgIpc) is 2.72. The van der Waals surface area contributed by atoms with Gasteiger partial charge in [0.05, 0.1) is 23.0 Å². The van der Waals surface area contributed by atoms with Crippen LogP contribution in [0.5, 0.6) is 0 Å². The fourth-order valence-electron chi connectivity index (χ4n) is 3.16. The quantitative estimate of drug-likeness (QED) is 0.623. The highest BCUT2D eigenvalue weighted by atomic mass is 35.5. The summed E-state index contributed by atoms with van der Waals surface area (Å²) in [5, 5.41) is 0.771. The van der Waals surface area contributed by atoms with Crippen molar-refractivity contribution in [1.82, 2.24) is 9.55 Å². The fraction of sp³-hybridized carbons (Fsp3) is 0.105. The molecule has 3 aromatic rings. The molecular weight excluding hydrogens is 376 g/mol. The molecule has 0 N–H and O–H groups in total. The van der Waals surface area contributed by atoms with Crippen LogP contribution in [0.25, 0.3) is 5.69 Å². The van der Waals surface area contributed by atoms with Crippen molar-refractivity contribution in [2.24, 2.45) is 4.99 Å². The monoisotopic (exact) mass is 387 g/mol. The van der Waals surface area contributed by atoms with Crippen molar-refractivity contribution in [2.45, 2.75) is 13.5 Å². The third-order valence-electron chi connectivity index (χ3n) is 4.20. The van der Waals surface area contributed by atoms with Crippen molar-refractivity contribution in [3.05, 3.63) is 91.3 Å². The molecule has 0 radical (unpaired) electrons. The van der Waals surface area contributed by atoms with E-state index in [4.69, 9.17) is 23.2 Å². The number of rotatable bonds is 1. The zero-order valence-electron chi connectivity index (χ0n) is 13.6. The molecule has 0 atom stereocenters. The van der Waals surface area contributed by atoms with E-state index < -0.39 is 5.82 Å². The SMILES string of the molecule is Cc1cc(=O)nc2n1-c1cc(Cl)cc(Cl)c1C(c1ccccc1F)=NC2. The third kappa shape index (κ3) is 2.73. The molecule has 0 amide bonds. The molecule has 26 heavy (non-hydrogen) atoms. The van der Waals surface area contributed by atoms with Crippen molar-refractivity contribution in [2.75, 3.05) is 0 Å². The molecule has 1 aliphatic heterocycles. The second-order valence-electron chi connectivity index (χ2n) is 5.91. The zero-order valence-corrected chi connectivity index (χ0v) is 15.1. The van der Waals surface area contributed by atoms with Crippen LogP contribution >= 0.6 is 23.2 Å². The van der Waals surface area contributed by atoms with Crippen LogP contribution in [0, 0.1) is 12.7 Å². The number of nitrogens with zero attached hydrogens (tertiary/aromatic N) is 3. The maximum atomic E-state index is 14.5. The Morgan fingerprint density at radius 1 is 1.15 bits per heavy atom. The van der Waals surface area contributed by atoms with E-state index in [1.54, 1.807) is 41.8 Å². The molecule has 0 spiro atoms. The van der Waals surface area contributed by atoms with Crippen LogP contribution < -0.4 is 5.56 Å². The third-order valence-corrected chi connectivity index (χ3v) is 4.72. The number of hydrogen-bond donors (Lipinski definition) is 0. The Morgan fingerprint density at radius 2 is 1.92 bits per heavy atom. The molecular formula is C19H12Cl2FN3O. The predicted octanol–water partition coefficient (Wildman–Crippen LogP) is 4.34. The molecule has 4 rings (SSSR count). The molecule has 4 nitrogen and oxygen atoms in total. The van der Waals surface area contributed by atoms with Gasteiger partial charge in [-0.05, 0) is 31.2 Å². The lowest BCUT2D eigenvalue weighted by atomic mass is 9.99. The van der Waals surface area contributed by atoms with Crippen LogP contribution in [0.3, 0.4) is 0 Å². The largest absolute Gasteiger partial charge is 0.300 e. The normalized spacial score (nSPS) is 12.8. The Hall–Kier alpha value is -2.50. The molecule has 0 fully saturated rings. The topological polar surface area (TPSA) is 47.2 Å². The van der Waals surface area contributed by atoms with Crippen LogP contribution in [0.15, 0.2) is 52.3 Å². The van der Waals surface area contributed by atoms with E-state index in [9.17, 15) is 9.18 Å². The van der Waals surface area contributed by atoms with Crippen molar-refractivity contribution < 1.29 is 4.39 Å². The molecule has 130 valence electrons. The highest BCUT2D eigenvalue weighted by molar-refractivity contribution is 6.38. The molecule has 1 aliphatic rings. The standard InChI is InChI=1S/C19H12Cl2FN3O/c1-10-6-17(26)24-16-9-23-19(12-4-2-3-5-14(12)22)18-13(21)7-11(20)8-15(18)25(10)16/h2-8H,9H2,1H3. The highest BCUT2D eigenvalue weighted by Crippen LogP contribution is 2.34. The second-order valence-corrected chi connectivity index (χ2v) is 6.76. The van der Waals surface area contributed by atoms with Gasteiger partial charge in [0.15, 0.2) is 0 Å². The minimum Gasteiger partial charge on any atom is -0.300 e. The number of aryl methyl sites for hydroxylation is 1. The number of halogens is 3. The average molecular weight is 388 g/mol. The molecule has 2 heterocycles. The maximum Gasteiger partial charge on any atom is 0.273 e. The Bertz CT molecular complexity index is 1140. The first-order chi connectivity index (χ1) is 12.5. The second kappa shape index (κ2) is 6.34. The Labute approximate surface area is 158 Å². The van der Waals surface area contributed by atoms with E-state index in [-0.39, 0.29) is 12.1 Å². The van der Waals surface area contributed by atoms with Crippen LogP contribution in [0.4, 0.5) is 4.39 Å². The summed E-state index contributed by atoms with van der Waals surface area (Å²) in [6.45, 7) is 1.91. The van der Waals surface area contributed by atoms with Crippen LogP contribution in [-0.4, -0.2) is 15.3 Å². The lowest BCUT2D eigenvalue weighted by molar-refractivity contribution is 0.625. The van der Waals surface area contributed by atoms with Gasteiger partial charge in [-0.3, -0.25) is 14.4 Å². The molecule has 0 aliphatic carbocycles. The van der Waals surface area contributed by atoms with Crippen LogP contribution in [0.1, 0.15) is 22.6 Å². The number of aliphatic imine (C=N–C) groups is 1. The van der Waals surface area contributed by atoms with Crippen LogP contribution in [0.2, 0.25) is 10.0 Å². The van der Waals surface area contributed by atoms with Crippen molar-refractivity contribution in [3.63, 3.8) is 0 Å². The van der Waals surface area contributed by atoms with Gasteiger partial charge in [-0.2, -0.15) is 4.98 Å². The van der Waals surface area contributed by atoms with Gasteiger partial charge >= 0.3 is 0 Å². The summed E-state index contributed by atoms with van der Waals surface area (Å²) in [4.78, 5) is 20.4. The Balaban J connectivity index is 2.11. The van der Waals surface area contributed by atoms with E-state index in [1.807, 2.05) is 0 Å². The molecule has 7 heteroatoms. The lowest BCUT2D eigenvalue weighted by Gasteiger charge is -2.18. The molecule has 0 saturated heterocycles. The van der Waals surface area contributed by atoms with Gasteiger partial charge in [0.25, 0.3) is 5.56 Å². The number of aromatic nitrogens is 2. The summed E-state index contributed by atoms with van der Waals surface area (Å²) in [5.41, 5.74) is 2.21. The van der Waals surface area contributed by atoms with Gasteiger partial charge in [-0.15, -0.1) is 0 Å². The summed E-state index contributed by atoms with van der Waals surface area (Å²) in [7, 11) is 0. The Kier molecular flexibility index (Phi) is 4.13. The van der Waals surface area contributed by atoms with Gasteiger partial charge in [0.1, 0.15) is 11.6 Å². The smallest absolute Gasteiger partial charge is 0.273 e. The first-order valence-electron chi connectivity index (χ1n) is 7.84. The zero-order chi connectivity index (χ0) is 18.4. The maximum absolute atomic E-state index is 14.5. The number of fused-ring (bicyclic) bond motifs is 3. The van der Waals surface area contributed by atoms with Gasteiger partial charge in [0, 0.05) is 27.9 Å². The fourth-order valence-corrected chi connectivity index (χ4v) is 3.74. The van der Waals surface area contributed by atoms with Crippen molar-refractivity contribution in [1.29, 1.82) is 0 Å². The first-order valence-corrected chi connectivity index (χ1v) is 8.60. The minimum atomic E-state index is -0.409. The summed E-state index contributed by atoms with van der Waals surface area (Å²) in [6, 6.07) is 11.1. The van der Waals surface area contributed by atoms with E-state index >= 15 is 0 Å². The van der Waals surface area contributed by atoms with Gasteiger partial charge in [0.2, 0.25) is 0 Å². The summed E-state index contributed by atoms with van der Waals surface area (Å²) >= 11 is 12.7. The van der Waals surface area contributed by atoms with E-state index in [1.165, 1.54) is 12.1 Å². The van der Waals surface area contributed by atoms with Crippen LogP contribution in [-0.2, 0) is 6.54 Å². The molecule has 1 aromatic heterocycles. The van der Waals surface area contributed by atoms with Gasteiger partial charge in [-0.1, -0.05) is 35.3 Å². The summed E-state index contributed by atoms with van der Waals surface area (Å²) in [6.07, 6.45) is 0. The first kappa shape index (κ1) is 16.9. The van der Waals surface area contributed by atoms with Gasteiger partial charge < -0.3 is 0 Å². The van der Waals surface area contributed by atoms with Gasteiger partial charge in [-0.25, -0.2) is 4.39 Å². The summed E-state index contributed by atoms with van der Waals surface area (Å²) in [5.74, 6) is 0.0364. The number of hydrogen-bond acceptors (Lipinski definition) is 3.